The summed E-state index contributed by atoms with van der Waals surface area (Å²) in [5, 5.41) is 1.36. The molecule has 0 N–H and O–H groups in total. The van der Waals surface area contributed by atoms with E-state index < -0.39 is 0 Å². The molecule has 3 nitrogen and oxygen atoms in total. The van der Waals surface area contributed by atoms with Gasteiger partial charge in [-0.15, -0.1) is 0 Å². The second-order valence-corrected chi connectivity index (χ2v) is 10.7. The SMILES string of the molecule is Cc1c(C)n2c3c(cccc13)B1c3ccc(N(c4ccccc4)c4ccccc4)cc3N(C)c3cccc-2c31. The van der Waals surface area contributed by atoms with Gasteiger partial charge in [0, 0.05) is 57.8 Å². The topological polar surface area (TPSA) is 11.4 Å². The van der Waals surface area contributed by atoms with Gasteiger partial charge >= 0.3 is 0 Å². The van der Waals surface area contributed by atoms with Crippen LogP contribution in [-0.4, -0.2) is 18.3 Å². The highest BCUT2D eigenvalue weighted by molar-refractivity contribution is 7.00. The zero-order valence-corrected chi connectivity index (χ0v) is 22.4. The van der Waals surface area contributed by atoms with Gasteiger partial charge in [-0.25, -0.2) is 0 Å². The van der Waals surface area contributed by atoms with Gasteiger partial charge in [0.05, 0.1) is 0 Å². The molecule has 0 bridgehead atoms. The van der Waals surface area contributed by atoms with Crippen LogP contribution in [0, 0.1) is 13.8 Å². The maximum atomic E-state index is 2.50. The van der Waals surface area contributed by atoms with Crippen LogP contribution < -0.4 is 26.2 Å². The summed E-state index contributed by atoms with van der Waals surface area (Å²) in [7, 11) is 2.22. The van der Waals surface area contributed by atoms with Crippen LogP contribution in [0.3, 0.4) is 0 Å². The summed E-state index contributed by atoms with van der Waals surface area (Å²) in [6.07, 6.45) is 0. The monoisotopic (exact) mass is 501 g/mol. The molecule has 8 rings (SSSR count). The van der Waals surface area contributed by atoms with Gasteiger partial charge in [-0.2, -0.15) is 0 Å². The number of fused-ring (bicyclic) bond motifs is 4. The predicted molar refractivity (Wildman–Crippen MR) is 167 cm³/mol. The number of aryl methyl sites for hydroxylation is 1. The molecular formula is C35H28BN3. The Labute approximate surface area is 229 Å². The molecule has 0 atom stereocenters. The fourth-order valence-electron chi connectivity index (χ4n) is 6.92. The highest BCUT2D eigenvalue weighted by Crippen LogP contribution is 2.39. The molecule has 6 aromatic rings. The Morgan fingerprint density at radius 3 is 1.97 bits per heavy atom. The molecule has 1 aromatic heterocycles. The molecule has 4 heteroatoms. The van der Waals surface area contributed by atoms with Crippen LogP contribution in [0.4, 0.5) is 28.4 Å². The molecule has 0 saturated carbocycles. The number of benzene rings is 5. The highest BCUT2D eigenvalue weighted by Gasteiger charge is 2.40. The number of para-hydroxylation sites is 3. The van der Waals surface area contributed by atoms with Crippen LogP contribution in [0.5, 0.6) is 0 Å². The van der Waals surface area contributed by atoms with E-state index in [0.29, 0.717) is 0 Å². The minimum absolute atomic E-state index is 0.197. The summed E-state index contributed by atoms with van der Waals surface area (Å²) in [4.78, 5) is 4.73. The second kappa shape index (κ2) is 8.15. The Hall–Kier alpha value is -4.70. The van der Waals surface area contributed by atoms with Crippen molar-refractivity contribution in [3.05, 3.63) is 127 Å². The zero-order valence-electron chi connectivity index (χ0n) is 22.4. The minimum Gasteiger partial charge on any atom is -0.345 e. The van der Waals surface area contributed by atoms with E-state index in [9.17, 15) is 0 Å². The normalized spacial score (nSPS) is 12.9. The quantitative estimate of drug-likeness (QED) is 0.252. The van der Waals surface area contributed by atoms with E-state index in [4.69, 9.17) is 0 Å². The van der Waals surface area contributed by atoms with Crippen molar-refractivity contribution in [3.63, 3.8) is 0 Å². The van der Waals surface area contributed by atoms with Crippen molar-refractivity contribution in [2.24, 2.45) is 0 Å². The number of rotatable bonds is 3. The van der Waals surface area contributed by atoms with Crippen molar-refractivity contribution < 1.29 is 0 Å². The third-order valence-electron chi connectivity index (χ3n) is 8.81. The van der Waals surface area contributed by atoms with Crippen molar-refractivity contribution >= 4 is 62.4 Å². The average Bonchev–Trinajstić information content (AvgIpc) is 3.24. The van der Waals surface area contributed by atoms with E-state index >= 15 is 0 Å². The maximum absolute atomic E-state index is 2.50. The number of nitrogens with zero attached hydrogens (tertiary/aromatic N) is 3. The van der Waals surface area contributed by atoms with Crippen molar-refractivity contribution in [1.82, 2.24) is 4.57 Å². The van der Waals surface area contributed by atoms with Gasteiger partial charge in [0.1, 0.15) is 0 Å². The van der Waals surface area contributed by atoms with Gasteiger partial charge in [0.2, 0.25) is 0 Å². The first kappa shape index (κ1) is 22.3. The lowest BCUT2D eigenvalue weighted by Crippen LogP contribution is -2.60. The number of aromatic nitrogens is 1. The largest absolute Gasteiger partial charge is 0.345 e. The lowest BCUT2D eigenvalue weighted by Gasteiger charge is -2.39. The standard InChI is InChI=1S/C35H28BN3/c1-23-24(2)38-32-19-11-18-31-34(32)36(30-17-10-16-28(23)35(30)38)29-21-20-27(22-33(29)37(31)3)39(25-12-6-4-7-13-25)26-14-8-5-9-15-26/h4-22H,1-3H3. The third kappa shape index (κ3) is 3.00. The Balaban J connectivity index is 1.39. The van der Waals surface area contributed by atoms with E-state index in [0.717, 1.165) is 17.1 Å². The number of hydrogen-bond donors (Lipinski definition) is 0. The fourth-order valence-corrected chi connectivity index (χ4v) is 6.92. The highest BCUT2D eigenvalue weighted by atomic mass is 15.2. The first-order valence-corrected chi connectivity index (χ1v) is 13.6. The maximum Gasteiger partial charge on any atom is 0.252 e. The molecule has 186 valence electrons. The molecule has 0 spiro atoms. The summed E-state index contributed by atoms with van der Waals surface area (Å²) < 4.78 is 2.50. The number of anilines is 5. The molecule has 0 saturated heterocycles. The molecule has 39 heavy (non-hydrogen) atoms. The van der Waals surface area contributed by atoms with Gasteiger partial charge in [-0.1, -0.05) is 66.7 Å². The van der Waals surface area contributed by atoms with Crippen LogP contribution in [0.15, 0.2) is 115 Å². The summed E-state index contributed by atoms with van der Waals surface area (Å²) in [5.74, 6) is 0. The van der Waals surface area contributed by atoms with Crippen molar-refractivity contribution in [3.8, 4) is 5.69 Å². The lowest BCUT2D eigenvalue weighted by molar-refractivity contribution is 1.04. The molecule has 0 unspecified atom stereocenters. The van der Waals surface area contributed by atoms with Gasteiger partial charge < -0.3 is 14.4 Å². The van der Waals surface area contributed by atoms with Gasteiger partial charge in [-0.05, 0) is 84.3 Å². The molecule has 0 amide bonds. The third-order valence-corrected chi connectivity index (χ3v) is 8.81. The van der Waals surface area contributed by atoms with E-state index in [2.05, 4.69) is 151 Å². The van der Waals surface area contributed by atoms with Crippen LogP contribution in [0.2, 0.25) is 0 Å². The summed E-state index contributed by atoms with van der Waals surface area (Å²) >= 11 is 0. The van der Waals surface area contributed by atoms with Crippen LogP contribution in [0.25, 0.3) is 16.6 Å². The molecule has 3 heterocycles. The van der Waals surface area contributed by atoms with Crippen molar-refractivity contribution in [1.29, 1.82) is 0 Å². The van der Waals surface area contributed by atoms with E-state index in [1.54, 1.807) is 0 Å². The fraction of sp³-hybridized carbons (Fsp3) is 0.0857. The first-order chi connectivity index (χ1) is 19.1. The molecule has 0 aliphatic carbocycles. The first-order valence-electron chi connectivity index (χ1n) is 13.6. The smallest absolute Gasteiger partial charge is 0.252 e. The molecular weight excluding hydrogens is 473 g/mol. The van der Waals surface area contributed by atoms with Crippen molar-refractivity contribution in [2.75, 3.05) is 16.8 Å². The van der Waals surface area contributed by atoms with Crippen LogP contribution >= 0.6 is 0 Å². The molecule has 0 fully saturated rings. The zero-order chi connectivity index (χ0) is 26.2. The number of hydrogen-bond acceptors (Lipinski definition) is 2. The predicted octanol–water partition coefficient (Wildman–Crippen LogP) is 6.63. The molecule has 2 aliphatic rings. The van der Waals surface area contributed by atoms with Gasteiger partial charge in [-0.3, -0.25) is 0 Å². The van der Waals surface area contributed by atoms with Crippen molar-refractivity contribution in [2.45, 2.75) is 13.8 Å². The van der Waals surface area contributed by atoms with Crippen LogP contribution in [0.1, 0.15) is 11.3 Å². The van der Waals surface area contributed by atoms with Gasteiger partial charge in [0.25, 0.3) is 6.71 Å². The minimum atomic E-state index is 0.197. The Kier molecular flexibility index (Phi) is 4.66. The Morgan fingerprint density at radius 2 is 1.26 bits per heavy atom. The Morgan fingerprint density at radius 1 is 0.590 bits per heavy atom. The van der Waals surface area contributed by atoms with Crippen LogP contribution in [-0.2, 0) is 0 Å². The summed E-state index contributed by atoms with van der Waals surface area (Å²) in [6.45, 7) is 4.71. The summed E-state index contributed by atoms with van der Waals surface area (Å²) in [5.41, 5.74) is 15.5. The Bertz CT molecular complexity index is 1870. The van der Waals surface area contributed by atoms with Gasteiger partial charge in [0.15, 0.2) is 0 Å². The second-order valence-electron chi connectivity index (χ2n) is 10.7. The van der Waals surface area contributed by atoms with E-state index in [-0.39, 0.29) is 6.71 Å². The van der Waals surface area contributed by atoms with E-state index in [1.165, 1.54) is 55.6 Å². The summed E-state index contributed by atoms with van der Waals surface area (Å²) in [6, 6.07) is 42.0. The molecule has 0 radical (unpaired) electrons. The van der Waals surface area contributed by atoms with E-state index in [1.807, 2.05) is 0 Å². The molecule has 2 aliphatic heterocycles. The molecule has 5 aromatic carbocycles. The average molecular weight is 501 g/mol. The lowest BCUT2D eigenvalue weighted by atomic mass is 9.34.